The minimum Gasteiger partial charge on any atom is -0.493 e. The summed E-state index contributed by atoms with van der Waals surface area (Å²) in [6.45, 7) is 4.61. The number of pyridine rings is 1. The lowest BCUT2D eigenvalue weighted by Crippen LogP contribution is -2.22. The predicted octanol–water partition coefficient (Wildman–Crippen LogP) is 3.85. The van der Waals surface area contributed by atoms with E-state index < -0.39 is 0 Å². The van der Waals surface area contributed by atoms with Gasteiger partial charge in [-0.25, -0.2) is 0 Å². The molecule has 1 amide bonds. The summed E-state index contributed by atoms with van der Waals surface area (Å²) in [5.74, 6) is 0.688. The first-order chi connectivity index (χ1) is 13.7. The summed E-state index contributed by atoms with van der Waals surface area (Å²) in [6, 6.07) is 20.6. The number of hydrogen-bond donors (Lipinski definition) is 0. The maximum absolute atomic E-state index is 12.7. The highest BCUT2D eigenvalue weighted by atomic mass is 16.5. The van der Waals surface area contributed by atoms with Crippen LogP contribution in [0.5, 0.6) is 11.5 Å². The first kappa shape index (κ1) is 19.2. The van der Waals surface area contributed by atoms with E-state index in [-0.39, 0.29) is 5.91 Å². The van der Waals surface area contributed by atoms with Crippen LogP contribution in [0.3, 0.4) is 0 Å². The first-order valence-electron chi connectivity index (χ1n) is 8.91. The molecule has 5 nitrogen and oxygen atoms in total. The van der Waals surface area contributed by atoms with Crippen molar-refractivity contribution in [2.75, 3.05) is 13.7 Å². The molecule has 0 fully saturated rings. The molecule has 3 rings (SSSR count). The first-order valence-corrected chi connectivity index (χ1v) is 8.91. The van der Waals surface area contributed by atoms with Crippen LogP contribution < -0.4 is 15.0 Å². The van der Waals surface area contributed by atoms with Gasteiger partial charge in [0.25, 0.3) is 5.91 Å². The lowest BCUT2D eigenvalue weighted by Gasteiger charge is -2.10. The Kier molecular flexibility index (Phi) is 6.41. The molecule has 142 valence electrons. The topological polar surface area (TPSA) is 52.8 Å². The van der Waals surface area contributed by atoms with Crippen molar-refractivity contribution in [1.82, 2.24) is 4.57 Å². The number of ether oxygens (including phenoxy) is 2. The highest BCUT2D eigenvalue weighted by molar-refractivity contribution is 5.95. The molecule has 0 N–H and O–H groups in total. The van der Waals surface area contributed by atoms with E-state index in [4.69, 9.17) is 9.47 Å². The molecule has 0 bridgehead atoms. The van der Waals surface area contributed by atoms with Crippen molar-refractivity contribution in [2.45, 2.75) is 6.54 Å². The van der Waals surface area contributed by atoms with Crippen LogP contribution in [0.2, 0.25) is 0 Å². The molecule has 0 saturated heterocycles. The van der Waals surface area contributed by atoms with Gasteiger partial charge in [-0.15, -0.1) is 0 Å². The zero-order valence-electron chi connectivity index (χ0n) is 15.7. The SMILES string of the molecule is C=CCOc1ccc(C(=O)N=c2ccccn2Cc2ccccc2)cc1OC. The van der Waals surface area contributed by atoms with Crippen LogP contribution in [0.15, 0.2) is 90.6 Å². The van der Waals surface area contributed by atoms with E-state index >= 15 is 0 Å². The van der Waals surface area contributed by atoms with Gasteiger partial charge in [-0.3, -0.25) is 4.79 Å². The fourth-order valence-corrected chi connectivity index (χ4v) is 2.72. The van der Waals surface area contributed by atoms with Crippen molar-refractivity contribution in [3.8, 4) is 11.5 Å². The third-order valence-corrected chi connectivity index (χ3v) is 4.10. The van der Waals surface area contributed by atoms with E-state index in [0.717, 1.165) is 5.56 Å². The molecule has 0 unspecified atom stereocenters. The summed E-state index contributed by atoms with van der Waals surface area (Å²) in [4.78, 5) is 17.0. The van der Waals surface area contributed by atoms with E-state index in [0.29, 0.717) is 35.7 Å². The average molecular weight is 374 g/mol. The molecule has 2 aromatic carbocycles. The molecular weight excluding hydrogens is 352 g/mol. The van der Waals surface area contributed by atoms with Gasteiger partial charge in [-0.05, 0) is 35.9 Å². The molecule has 0 aliphatic rings. The van der Waals surface area contributed by atoms with Gasteiger partial charge in [-0.1, -0.05) is 49.1 Å². The minimum atomic E-state index is -0.346. The number of nitrogens with zero attached hydrogens (tertiary/aromatic N) is 2. The fraction of sp³-hybridized carbons (Fsp3) is 0.130. The number of rotatable bonds is 7. The third kappa shape index (κ3) is 4.76. The second kappa shape index (κ2) is 9.37. The molecule has 0 atom stereocenters. The van der Waals surface area contributed by atoms with Crippen molar-refractivity contribution in [3.63, 3.8) is 0 Å². The molecular formula is C23H22N2O3. The molecule has 3 aromatic rings. The zero-order chi connectivity index (χ0) is 19.8. The zero-order valence-corrected chi connectivity index (χ0v) is 15.7. The lowest BCUT2D eigenvalue weighted by molar-refractivity contribution is 0.0996. The van der Waals surface area contributed by atoms with Gasteiger partial charge < -0.3 is 14.0 Å². The van der Waals surface area contributed by atoms with Crippen molar-refractivity contribution < 1.29 is 14.3 Å². The quantitative estimate of drug-likeness (QED) is 0.590. The molecule has 5 heteroatoms. The molecule has 0 spiro atoms. The Morgan fingerprint density at radius 2 is 1.86 bits per heavy atom. The molecule has 0 aliphatic heterocycles. The molecule has 1 aromatic heterocycles. The smallest absolute Gasteiger partial charge is 0.279 e. The molecule has 28 heavy (non-hydrogen) atoms. The van der Waals surface area contributed by atoms with E-state index in [1.807, 2.05) is 59.3 Å². The summed E-state index contributed by atoms with van der Waals surface area (Å²) in [5, 5.41) is 0. The summed E-state index contributed by atoms with van der Waals surface area (Å²) in [7, 11) is 1.53. The highest BCUT2D eigenvalue weighted by Gasteiger charge is 2.11. The lowest BCUT2D eigenvalue weighted by atomic mass is 10.2. The Balaban J connectivity index is 1.90. The molecule has 0 saturated carbocycles. The highest BCUT2D eigenvalue weighted by Crippen LogP contribution is 2.28. The van der Waals surface area contributed by atoms with Gasteiger partial charge in [0.15, 0.2) is 11.5 Å². The van der Waals surface area contributed by atoms with Gasteiger partial charge in [-0.2, -0.15) is 4.99 Å². The molecule has 0 radical (unpaired) electrons. The second-order valence-corrected chi connectivity index (χ2v) is 6.05. The van der Waals surface area contributed by atoms with E-state index in [2.05, 4.69) is 11.6 Å². The van der Waals surface area contributed by atoms with Crippen molar-refractivity contribution in [1.29, 1.82) is 0 Å². The Morgan fingerprint density at radius 3 is 2.61 bits per heavy atom. The van der Waals surface area contributed by atoms with Crippen LogP contribution in [-0.4, -0.2) is 24.2 Å². The standard InChI is InChI=1S/C23H22N2O3/c1-3-15-28-20-13-12-19(16-21(20)27-2)23(26)24-22-11-7-8-14-25(22)17-18-9-5-4-6-10-18/h3-14,16H,1,15,17H2,2H3. The van der Waals surface area contributed by atoms with Crippen LogP contribution in [0.1, 0.15) is 15.9 Å². The minimum absolute atomic E-state index is 0.346. The Labute approximate surface area is 164 Å². The normalized spacial score (nSPS) is 11.1. The maximum Gasteiger partial charge on any atom is 0.279 e. The Hall–Kier alpha value is -3.60. The summed E-state index contributed by atoms with van der Waals surface area (Å²) < 4.78 is 12.8. The molecule has 0 aliphatic carbocycles. The monoisotopic (exact) mass is 374 g/mol. The van der Waals surface area contributed by atoms with Crippen LogP contribution in [0, 0.1) is 0 Å². The predicted molar refractivity (Wildman–Crippen MR) is 109 cm³/mol. The van der Waals surface area contributed by atoms with Crippen LogP contribution >= 0.6 is 0 Å². The third-order valence-electron chi connectivity index (χ3n) is 4.10. The van der Waals surface area contributed by atoms with Crippen molar-refractivity contribution in [3.05, 3.63) is 102 Å². The summed E-state index contributed by atoms with van der Waals surface area (Å²) >= 11 is 0. The Morgan fingerprint density at radius 1 is 1.07 bits per heavy atom. The molecule has 1 heterocycles. The van der Waals surface area contributed by atoms with Crippen molar-refractivity contribution in [2.24, 2.45) is 4.99 Å². The number of carbonyl (C=O) groups excluding carboxylic acids is 1. The number of hydrogen-bond acceptors (Lipinski definition) is 3. The number of methoxy groups -OCH3 is 1. The summed E-state index contributed by atoms with van der Waals surface area (Å²) in [5.41, 5.74) is 2.15. The Bertz CT molecular complexity index is 1020. The number of carbonyl (C=O) groups is 1. The number of aromatic nitrogens is 1. The average Bonchev–Trinajstić information content (AvgIpc) is 2.74. The van der Waals surface area contributed by atoms with E-state index in [9.17, 15) is 4.79 Å². The van der Waals surface area contributed by atoms with Gasteiger partial charge in [0.2, 0.25) is 0 Å². The largest absolute Gasteiger partial charge is 0.493 e. The van der Waals surface area contributed by atoms with Crippen molar-refractivity contribution >= 4 is 5.91 Å². The van der Waals surface area contributed by atoms with Crippen LogP contribution in [-0.2, 0) is 6.54 Å². The summed E-state index contributed by atoms with van der Waals surface area (Å²) in [6.07, 6.45) is 3.56. The van der Waals surface area contributed by atoms with E-state index in [1.54, 1.807) is 24.3 Å². The number of amides is 1. The van der Waals surface area contributed by atoms with Crippen LogP contribution in [0.25, 0.3) is 0 Å². The fourth-order valence-electron chi connectivity index (χ4n) is 2.72. The van der Waals surface area contributed by atoms with Gasteiger partial charge in [0.05, 0.1) is 7.11 Å². The second-order valence-electron chi connectivity index (χ2n) is 6.05. The van der Waals surface area contributed by atoms with Gasteiger partial charge in [0, 0.05) is 18.3 Å². The maximum atomic E-state index is 12.7. The van der Waals surface area contributed by atoms with Gasteiger partial charge in [0.1, 0.15) is 12.1 Å². The van der Waals surface area contributed by atoms with E-state index in [1.165, 1.54) is 7.11 Å². The number of benzene rings is 2. The van der Waals surface area contributed by atoms with Crippen LogP contribution in [0.4, 0.5) is 0 Å². The van der Waals surface area contributed by atoms with Gasteiger partial charge >= 0.3 is 0 Å².